The highest BCUT2D eigenvalue weighted by atomic mass is 16.5. The van der Waals surface area contributed by atoms with Crippen molar-refractivity contribution in [2.45, 2.75) is 18.9 Å². The van der Waals surface area contributed by atoms with Crippen LogP contribution in [0.15, 0.2) is 24.3 Å². The molecule has 0 aromatic heterocycles. The molecule has 0 unspecified atom stereocenters. The van der Waals surface area contributed by atoms with Crippen LogP contribution in [0, 0.1) is 0 Å². The van der Waals surface area contributed by atoms with Gasteiger partial charge in [0.1, 0.15) is 5.75 Å². The molecule has 1 fully saturated rings. The van der Waals surface area contributed by atoms with Gasteiger partial charge in [0.05, 0.1) is 13.5 Å². The first-order valence-corrected chi connectivity index (χ1v) is 5.91. The van der Waals surface area contributed by atoms with Crippen LogP contribution >= 0.6 is 0 Å². The largest absolute Gasteiger partial charge is 0.496 e. The Morgan fingerprint density at radius 2 is 2.35 bits per heavy atom. The number of hydrogen-bond acceptors (Lipinski definition) is 3. The number of ether oxygens (including phenoxy) is 1. The molecule has 1 heterocycles. The van der Waals surface area contributed by atoms with Crippen LogP contribution in [-0.4, -0.2) is 32.1 Å². The summed E-state index contributed by atoms with van der Waals surface area (Å²) in [5.41, 5.74) is 0.929. The normalized spacial score (nSPS) is 19.0. The van der Waals surface area contributed by atoms with Crippen molar-refractivity contribution in [3.05, 3.63) is 29.8 Å². The van der Waals surface area contributed by atoms with E-state index in [0.29, 0.717) is 6.42 Å². The van der Waals surface area contributed by atoms with Crippen molar-refractivity contribution in [2.75, 3.05) is 20.2 Å². The molecule has 4 heteroatoms. The van der Waals surface area contributed by atoms with E-state index in [1.54, 1.807) is 7.11 Å². The summed E-state index contributed by atoms with van der Waals surface area (Å²) in [7, 11) is 1.62. The Morgan fingerprint density at radius 3 is 3.06 bits per heavy atom. The van der Waals surface area contributed by atoms with Crippen LogP contribution in [0.4, 0.5) is 0 Å². The van der Waals surface area contributed by atoms with Crippen molar-refractivity contribution in [3.8, 4) is 5.75 Å². The third-order valence-electron chi connectivity index (χ3n) is 2.97. The van der Waals surface area contributed by atoms with Gasteiger partial charge in [-0.05, 0) is 19.0 Å². The Bertz CT molecular complexity index is 387. The van der Waals surface area contributed by atoms with Crippen molar-refractivity contribution in [1.29, 1.82) is 0 Å². The number of nitrogens with one attached hydrogen (secondary N) is 2. The summed E-state index contributed by atoms with van der Waals surface area (Å²) in [5, 5.41) is 6.25. The van der Waals surface area contributed by atoms with Gasteiger partial charge in [0.2, 0.25) is 5.91 Å². The Morgan fingerprint density at radius 1 is 1.53 bits per heavy atom. The summed E-state index contributed by atoms with van der Waals surface area (Å²) in [6.45, 7) is 1.86. The summed E-state index contributed by atoms with van der Waals surface area (Å²) in [4.78, 5) is 11.8. The van der Waals surface area contributed by atoms with E-state index < -0.39 is 0 Å². The molecule has 0 saturated carbocycles. The lowest BCUT2D eigenvalue weighted by Crippen LogP contribution is -2.37. The average Bonchev–Trinajstić information content (AvgIpc) is 2.82. The zero-order valence-corrected chi connectivity index (χ0v) is 10.0. The Balaban J connectivity index is 1.92. The minimum absolute atomic E-state index is 0.0585. The zero-order chi connectivity index (χ0) is 12.1. The number of carbonyl (C=O) groups excluding carboxylic acids is 1. The fourth-order valence-corrected chi connectivity index (χ4v) is 2.08. The maximum Gasteiger partial charge on any atom is 0.224 e. The van der Waals surface area contributed by atoms with Crippen LogP contribution in [-0.2, 0) is 11.2 Å². The van der Waals surface area contributed by atoms with E-state index in [-0.39, 0.29) is 11.9 Å². The molecule has 4 nitrogen and oxygen atoms in total. The summed E-state index contributed by atoms with van der Waals surface area (Å²) in [6, 6.07) is 7.89. The van der Waals surface area contributed by atoms with Crippen molar-refractivity contribution in [3.63, 3.8) is 0 Å². The van der Waals surface area contributed by atoms with Crippen LogP contribution in [0.3, 0.4) is 0 Å². The van der Waals surface area contributed by atoms with E-state index in [2.05, 4.69) is 10.6 Å². The van der Waals surface area contributed by atoms with Gasteiger partial charge in [-0.15, -0.1) is 0 Å². The highest BCUT2D eigenvalue weighted by Gasteiger charge is 2.17. The lowest BCUT2D eigenvalue weighted by atomic mass is 10.1. The van der Waals surface area contributed by atoms with Crippen molar-refractivity contribution >= 4 is 5.91 Å². The predicted molar refractivity (Wildman–Crippen MR) is 66.1 cm³/mol. The Kier molecular flexibility index (Phi) is 3.98. The second-order valence-electron chi connectivity index (χ2n) is 4.25. The van der Waals surface area contributed by atoms with Gasteiger partial charge < -0.3 is 15.4 Å². The van der Waals surface area contributed by atoms with Gasteiger partial charge >= 0.3 is 0 Å². The maximum absolute atomic E-state index is 11.8. The van der Waals surface area contributed by atoms with E-state index in [1.807, 2.05) is 24.3 Å². The number of carbonyl (C=O) groups is 1. The summed E-state index contributed by atoms with van der Waals surface area (Å²) < 4.78 is 5.22. The standard InChI is InChI=1S/C13H18N2O2/c1-17-12-5-3-2-4-10(12)8-13(16)15-11-6-7-14-9-11/h2-5,11,14H,6-9H2,1H3,(H,15,16)/t11-/m1/s1. The molecule has 1 aliphatic rings. The third-order valence-corrected chi connectivity index (χ3v) is 2.97. The zero-order valence-electron chi connectivity index (χ0n) is 10.0. The number of methoxy groups -OCH3 is 1. The maximum atomic E-state index is 11.8. The smallest absolute Gasteiger partial charge is 0.224 e. The van der Waals surface area contributed by atoms with Gasteiger partial charge in [-0.2, -0.15) is 0 Å². The highest BCUT2D eigenvalue weighted by Crippen LogP contribution is 2.17. The summed E-state index contributed by atoms with van der Waals surface area (Å²) >= 11 is 0. The quantitative estimate of drug-likeness (QED) is 0.807. The summed E-state index contributed by atoms with van der Waals surface area (Å²) in [5.74, 6) is 0.829. The molecule has 92 valence electrons. The highest BCUT2D eigenvalue weighted by molar-refractivity contribution is 5.79. The SMILES string of the molecule is COc1ccccc1CC(=O)N[C@@H]1CCNC1. The van der Waals surface area contributed by atoms with Crippen molar-refractivity contribution < 1.29 is 9.53 Å². The Hall–Kier alpha value is -1.55. The van der Waals surface area contributed by atoms with Crippen LogP contribution < -0.4 is 15.4 Å². The van der Waals surface area contributed by atoms with E-state index in [9.17, 15) is 4.79 Å². The van der Waals surface area contributed by atoms with Crippen molar-refractivity contribution in [1.82, 2.24) is 10.6 Å². The molecule has 0 aliphatic carbocycles. The number of benzene rings is 1. The number of hydrogen-bond donors (Lipinski definition) is 2. The number of amides is 1. The van der Waals surface area contributed by atoms with Gasteiger partial charge in [-0.1, -0.05) is 18.2 Å². The van der Waals surface area contributed by atoms with Crippen molar-refractivity contribution in [2.24, 2.45) is 0 Å². The lowest BCUT2D eigenvalue weighted by Gasteiger charge is -2.12. The fourth-order valence-electron chi connectivity index (χ4n) is 2.08. The molecular formula is C13H18N2O2. The first kappa shape index (κ1) is 11.9. The van der Waals surface area contributed by atoms with E-state index in [4.69, 9.17) is 4.74 Å². The minimum Gasteiger partial charge on any atom is -0.496 e. The molecule has 1 aliphatic heterocycles. The molecule has 2 N–H and O–H groups in total. The van der Waals surface area contributed by atoms with E-state index in [0.717, 1.165) is 30.8 Å². The second-order valence-corrected chi connectivity index (χ2v) is 4.25. The molecule has 1 atom stereocenters. The van der Waals surface area contributed by atoms with Gasteiger partial charge in [-0.3, -0.25) is 4.79 Å². The summed E-state index contributed by atoms with van der Waals surface area (Å²) in [6.07, 6.45) is 1.39. The first-order valence-electron chi connectivity index (χ1n) is 5.91. The molecule has 1 aromatic carbocycles. The van der Waals surface area contributed by atoms with Gasteiger partial charge in [0.15, 0.2) is 0 Å². The molecule has 0 radical (unpaired) electrons. The molecule has 0 spiro atoms. The molecule has 17 heavy (non-hydrogen) atoms. The molecule has 0 bridgehead atoms. The lowest BCUT2D eigenvalue weighted by molar-refractivity contribution is -0.121. The second kappa shape index (κ2) is 5.68. The molecule has 2 rings (SSSR count). The molecule has 1 aromatic rings. The van der Waals surface area contributed by atoms with Crippen LogP contribution in [0.25, 0.3) is 0 Å². The minimum atomic E-state index is 0.0585. The van der Waals surface area contributed by atoms with E-state index in [1.165, 1.54) is 0 Å². The van der Waals surface area contributed by atoms with Gasteiger partial charge in [-0.25, -0.2) is 0 Å². The molecule has 1 amide bonds. The van der Waals surface area contributed by atoms with E-state index >= 15 is 0 Å². The fraction of sp³-hybridized carbons (Fsp3) is 0.462. The van der Waals surface area contributed by atoms with Gasteiger partial charge in [0, 0.05) is 18.2 Å². The Labute approximate surface area is 101 Å². The van der Waals surface area contributed by atoms with Gasteiger partial charge in [0.25, 0.3) is 0 Å². The number of rotatable bonds is 4. The first-order chi connectivity index (χ1) is 8.29. The average molecular weight is 234 g/mol. The van der Waals surface area contributed by atoms with Crippen LogP contribution in [0.5, 0.6) is 5.75 Å². The topological polar surface area (TPSA) is 50.4 Å². The third kappa shape index (κ3) is 3.20. The monoisotopic (exact) mass is 234 g/mol. The molecular weight excluding hydrogens is 216 g/mol. The molecule has 1 saturated heterocycles. The predicted octanol–water partition coefficient (Wildman–Crippen LogP) is 0.716. The van der Waals surface area contributed by atoms with Crippen LogP contribution in [0.1, 0.15) is 12.0 Å². The number of para-hydroxylation sites is 1. The van der Waals surface area contributed by atoms with Crippen LogP contribution in [0.2, 0.25) is 0 Å².